The third-order valence-electron chi connectivity index (χ3n) is 4.71. The predicted molar refractivity (Wildman–Crippen MR) is 98.7 cm³/mol. The predicted octanol–water partition coefficient (Wildman–Crippen LogP) is 1.01. The van der Waals surface area contributed by atoms with Crippen LogP contribution >= 0.6 is 11.8 Å². The minimum Gasteiger partial charge on any atom is -0.396 e. The summed E-state index contributed by atoms with van der Waals surface area (Å²) in [4.78, 5) is 23.2. The van der Waals surface area contributed by atoms with Gasteiger partial charge in [-0.05, 0) is 33.1 Å². The molecule has 0 aromatic rings. The molecule has 0 radical (unpaired) electrons. The number of unbranched alkanes of at least 4 members (excludes halogenated alkanes) is 1. The number of carbonyl (C=O) groups excluding carboxylic acids is 2. The zero-order chi connectivity index (χ0) is 18.3. The molecular weight excluding hydrogens is 342 g/mol. The fourth-order valence-corrected chi connectivity index (χ4v) is 4.77. The molecule has 25 heavy (non-hydrogen) atoms. The van der Waals surface area contributed by atoms with E-state index in [0.717, 1.165) is 25.0 Å². The molecule has 2 heterocycles. The molecule has 0 unspecified atom stereocenters. The Morgan fingerprint density at radius 1 is 1.40 bits per heavy atom. The summed E-state index contributed by atoms with van der Waals surface area (Å²) in [6.07, 6.45) is 3.98. The van der Waals surface area contributed by atoms with Gasteiger partial charge in [0, 0.05) is 30.6 Å². The van der Waals surface area contributed by atoms with Gasteiger partial charge in [-0.3, -0.25) is 4.79 Å². The van der Waals surface area contributed by atoms with E-state index in [4.69, 9.17) is 9.84 Å². The number of ether oxygens (including phenoxy) is 1. The monoisotopic (exact) mass is 373 g/mol. The van der Waals surface area contributed by atoms with Crippen molar-refractivity contribution >= 4 is 23.7 Å². The first-order valence-corrected chi connectivity index (χ1v) is 10.2. The van der Waals surface area contributed by atoms with Crippen LogP contribution in [0.15, 0.2) is 0 Å². The molecule has 2 rings (SSSR count). The SMILES string of the molecule is CC(C)(CCO)OCCNC(=O)CCCC[C@@H]1SC[C@@H]2NC(=O)N[C@@H]21. The summed E-state index contributed by atoms with van der Waals surface area (Å²) in [6, 6.07) is 0.454. The van der Waals surface area contributed by atoms with Crippen molar-refractivity contribution in [3.05, 3.63) is 0 Å². The molecule has 0 aromatic heterocycles. The van der Waals surface area contributed by atoms with Gasteiger partial charge >= 0.3 is 6.03 Å². The van der Waals surface area contributed by atoms with Crippen molar-refractivity contribution in [3.8, 4) is 0 Å². The number of carbonyl (C=O) groups is 2. The molecule has 0 aromatic carbocycles. The highest BCUT2D eigenvalue weighted by molar-refractivity contribution is 8.00. The third-order valence-corrected chi connectivity index (χ3v) is 6.22. The van der Waals surface area contributed by atoms with Gasteiger partial charge in [0.15, 0.2) is 0 Å². The van der Waals surface area contributed by atoms with Crippen LogP contribution in [-0.4, -0.2) is 65.5 Å². The number of nitrogens with one attached hydrogen (secondary N) is 3. The zero-order valence-corrected chi connectivity index (χ0v) is 16.0. The fraction of sp³-hybridized carbons (Fsp3) is 0.882. The molecule has 8 heteroatoms. The molecule has 0 aliphatic carbocycles. The molecule has 0 bridgehead atoms. The molecule has 2 saturated heterocycles. The standard InChI is InChI=1S/C17H31N3O4S/c1-17(2,7-9-21)24-10-8-18-14(22)6-4-3-5-13-15-12(11-25-13)19-16(23)20-15/h12-13,15,21H,3-11H2,1-2H3,(H,18,22)(H2,19,20,23)/t12-,13-,15-/m0/s1. The van der Waals surface area contributed by atoms with Gasteiger partial charge in [0.2, 0.25) is 5.91 Å². The highest BCUT2D eigenvalue weighted by Crippen LogP contribution is 2.33. The molecule has 2 aliphatic heterocycles. The Hall–Kier alpha value is -0.990. The lowest BCUT2D eigenvalue weighted by atomic mass is 10.0. The first-order chi connectivity index (χ1) is 11.9. The van der Waals surface area contributed by atoms with Gasteiger partial charge in [-0.25, -0.2) is 4.79 Å². The van der Waals surface area contributed by atoms with E-state index in [-0.39, 0.29) is 36.2 Å². The minimum absolute atomic E-state index is 0.0518. The fourth-order valence-electron chi connectivity index (χ4n) is 3.22. The molecule has 4 N–H and O–H groups in total. The van der Waals surface area contributed by atoms with Crippen molar-refractivity contribution in [2.24, 2.45) is 0 Å². The van der Waals surface area contributed by atoms with Crippen LogP contribution in [0.4, 0.5) is 4.79 Å². The van der Waals surface area contributed by atoms with E-state index in [1.165, 1.54) is 0 Å². The van der Waals surface area contributed by atoms with Gasteiger partial charge in [-0.15, -0.1) is 0 Å². The van der Waals surface area contributed by atoms with Crippen LogP contribution in [0.2, 0.25) is 0 Å². The number of rotatable bonds is 11. The van der Waals surface area contributed by atoms with E-state index in [2.05, 4.69) is 16.0 Å². The second kappa shape index (κ2) is 9.64. The molecule has 0 saturated carbocycles. The van der Waals surface area contributed by atoms with Crippen molar-refractivity contribution in [1.29, 1.82) is 0 Å². The molecule has 3 atom stereocenters. The lowest BCUT2D eigenvalue weighted by Gasteiger charge is -2.24. The zero-order valence-electron chi connectivity index (χ0n) is 15.2. The number of thioether (sulfide) groups is 1. The van der Waals surface area contributed by atoms with Crippen molar-refractivity contribution in [3.63, 3.8) is 0 Å². The van der Waals surface area contributed by atoms with Gasteiger partial charge in [0.1, 0.15) is 0 Å². The molecule has 2 aliphatic rings. The van der Waals surface area contributed by atoms with Crippen LogP contribution in [0.5, 0.6) is 0 Å². The largest absolute Gasteiger partial charge is 0.396 e. The number of hydrogen-bond donors (Lipinski definition) is 4. The number of amides is 3. The highest BCUT2D eigenvalue weighted by atomic mass is 32.2. The Kier molecular flexibility index (Phi) is 7.83. The second-order valence-corrected chi connectivity index (χ2v) is 8.57. The summed E-state index contributed by atoms with van der Waals surface area (Å²) in [6.45, 7) is 4.90. The summed E-state index contributed by atoms with van der Waals surface area (Å²) in [5.41, 5.74) is -0.360. The van der Waals surface area contributed by atoms with E-state index in [0.29, 0.717) is 31.2 Å². The summed E-state index contributed by atoms with van der Waals surface area (Å²) < 4.78 is 5.64. The van der Waals surface area contributed by atoms with Crippen molar-refractivity contribution in [2.45, 2.75) is 68.9 Å². The van der Waals surface area contributed by atoms with E-state index in [9.17, 15) is 9.59 Å². The van der Waals surface area contributed by atoms with Crippen LogP contribution in [0.3, 0.4) is 0 Å². The van der Waals surface area contributed by atoms with Crippen LogP contribution in [0, 0.1) is 0 Å². The summed E-state index contributed by atoms with van der Waals surface area (Å²) in [5, 5.41) is 18.2. The average Bonchev–Trinajstić information content (AvgIpc) is 3.08. The maximum atomic E-state index is 11.8. The van der Waals surface area contributed by atoms with Crippen LogP contribution < -0.4 is 16.0 Å². The number of aliphatic hydroxyl groups excluding tert-OH is 1. The van der Waals surface area contributed by atoms with Gasteiger partial charge in [-0.1, -0.05) is 6.42 Å². The summed E-state index contributed by atoms with van der Waals surface area (Å²) in [5.74, 6) is 1.03. The number of aliphatic hydroxyl groups is 1. The lowest BCUT2D eigenvalue weighted by molar-refractivity contribution is -0.121. The Morgan fingerprint density at radius 2 is 2.20 bits per heavy atom. The van der Waals surface area contributed by atoms with E-state index in [1.54, 1.807) is 0 Å². The second-order valence-electron chi connectivity index (χ2n) is 7.30. The van der Waals surface area contributed by atoms with Gasteiger partial charge in [0.25, 0.3) is 0 Å². The Labute approximate surface area is 154 Å². The Morgan fingerprint density at radius 3 is 2.96 bits per heavy atom. The van der Waals surface area contributed by atoms with Crippen LogP contribution in [-0.2, 0) is 9.53 Å². The van der Waals surface area contributed by atoms with E-state index >= 15 is 0 Å². The average molecular weight is 374 g/mol. The molecule has 3 amide bonds. The minimum atomic E-state index is -0.360. The van der Waals surface area contributed by atoms with Gasteiger partial charge in [-0.2, -0.15) is 11.8 Å². The Balaban J connectivity index is 1.49. The first kappa shape index (κ1) is 20.3. The maximum Gasteiger partial charge on any atom is 0.315 e. The van der Waals surface area contributed by atoms with Gasteiger partial charge < -0.3 is 25.8 Å². The number of hydrogen-bond acceptors (Lipinski definition) is 5. The summed E-state index contributed by atoms with van der Waals surface area (Å²) >= 11 is 1.91. The van der Waals surface area contributed by atoms with Crippen LogP contribution in [0.25, 0.3) is 0 Å². The highest BCUT2D eigenvalue weighted by Gasteiger charge is 2.42. The Bertz CT molecular complexity index is 461. The van der Waals surface area contributed by atoms with Crippen molar-refractivity contribution < 1.29 is 19.4 Å². The molecule has 0 spiro atoms. The van der Waals surface area contributed by atoms with E-state index < -0.39 is 0 Å². The van der Waals surface area contributed by atoms with E-state index in [1.807, 2.05) is 25.6 Å². The number of fused-ring (bicyclic) bond motifs is 1. The van der Waals surface area contributed by atoms with Gasteiger partial charge in [0.05, 0.1) is 24.3 Å². The lowest BCUT2D eigenvalue weighted by Crippen LogP contribution is -2.36. The third kappa shape index (κ3) is 6.67. The molecule has 144 valence electrons. The maximum absolute atomic E-state index is 11.8. The van der Waals surface area contributed by atoms with Crippen molar-refractivity contribution in [1.82, 2.24) is 16.0 Å². The topological polar surface area (TPSA) is 99.7 Å². The normalized spacial score (nSPS) is 25.4. The quantitative estimate of drug-likeness (QED) is 0.320. The number of urea groups is 1. The molecule has 2 fully saturated rings. The summed E-state index contributed by atoms with van der Waals surface area (Å²) in [7, 11) is 0. The smallest absolute Gasteiger partial charge is 0.315 e. The molecular formula is C17H31N3O4S. The first-order valence-electron chi connectivity index (χ1n) is 9.11. The van der Waals surface area contributed by atoms with Crippen molar-refractivity contribution in [2.75, 3.05) is 25.5 Å². The molecule has 7 nitrogen and oxygen atoms in total. The van der Waals surface area contributed by atoms with Crippen LogP contribution in [0.1, 0.15) is 46.0 Å².